The fourth-order valence-corrected chi connectivity index (χ4v) is 1.47. The average molecular weight is 167 g/mol. The average Bonchev–Trinajstić information content (AvgIpc) is 2.15. The van der Waals surface area contributed by atoms with Crippen molar-refractivity contribution >= 4 is 23.3 Å². The fourth-order valence-electron chi connectivity index (χ4n) is 0.386. The molecule has 0 radical (unpaired) electrons. The summed E-state index contributed by atoms with van der Waals surface area (Å²) < 4.78 is 24.6. The van der Waals surface area contributed by atoms with Crippen molar-refractivity contribution in [3.63, 3.8) is 0 Å². The van der Waals surface area contributed by atoms with E-state index in [0.29, 0.717) is 0 Å². The quantitative estimate of drug-likeness (QED) is 0.647. The first-order valence-corrected chi connectivity index (χ1v) is 3.81. The van der Waals surface area contributed by atoms with Crippen LogP contribution in [0.3, 0.4) is 0 Å². The van der Waals surface area contributed by atoms with Crippen molar-refractivity contribution in [3.05, 3.63) is 17.0 Å². The maximum Gasteiger partial charge on any atom is 0.184 e. The first-order chi connectivity index (χ1) is 4.25. The number of rotatable bonds is 1. The van der Waals surface area contributed by atoms with Crippen LogP contribution in [-0.2, 0) is 0 Å². The molecule has 1 aromatic heterocycles. The van der Waals surface area contributed by atoms with Gasteiger partial charge in [0.2, 0.25) is 0 Å². The Kier molecular flexibility index (Phi) is 2.05. The van der Waals surface area contributed by atoms with Crippen molar-refractivity contribution < 1.29 is 8.78 Å². The Balaban J connectivity index is 3.04. The van der Waals surface area contributed by atoms with Gasteiger partial charge in [-0.3, -0.25) is 5.14 Å². The van der Waals surface area contributed by atoms with Gasteiger partial charge in [0, 0.05) is 5.38 Å². The van der Waals surface area contributed by atoms with Crippen LogP contribution >= 0.6 is 23.3 Å². The summed E-state index contributed by atoms with van der Waals surface area (Å²) in [6, 6.07) is 0. The van der Waals surface area contributed by atoms with E-state index < -0.39 is 11.6 Å². The third-order valence-electron chi connectivity index (χ3n) is 0.765. The zero-order valence-corrected chi connectivity index (χ0v) is 5.86. The predicted molar refractivity (Wildman–Crippen MR) is 34.3 cm³/mol. The van der Waals surface area contributed by atoms with Crippen molar-refractivity contribution in [1.82, 2.24) is 0 Å². The number of thiophene rings is 1. The van der Waals surface area contributed by atoms with Gasteiger partial charge < -0.3 is 0 Å². The molecule has 0 unspecified atom stereocenters. The van der Waals surface area contributed by atoms with E-state index in [0.717, 1.165) is 28.7 Å². The van der Waals surface area contributed by atoms with Gasteiger partial charge in [-0.05, 0) is 11.9 Å². The maximum atomic E-state index is 12.3. The highest BCUT2D eigenvalue weighted by molar-refractivity contribution is 7.99. The Morgan fingerprint density at radius 2 is 2.22 bits per heavy atom. The zero-order valence-electron chi connectivity index (χ0n) is 4.23. The van der Waals surface area contributed by atoms with Gasteiger partial charge in [0.1, 0.15) is 4.21 Å². The maximum absolute atomic E-state index is 12.3. The van der Waals surface area contributed by atoms with Gasteiger partial charge in [0.05, 0.1) is 0 Å². The van der Waals surface area contributed by atoms with Crippen molar-refractivity contribution in [2.45, 2.75) is 4.21 Å². The summed E-state index contributed by atoms with van der Waals surface area (Å²) in [5.74, 6) is -1.67. The number of halogens is 2. The summed E-state index contributed by atoms with van der Waals surface area (Å²) in [6.07, 6.45) is 0. The minimum Gasteiger partial charge on any atom is -0.273 e. The van der Waals surface area contributed by atoms with Crippen molar-refractivity contribution in [3.8, 4) is 0 Å². The molecule has 0 aliphatic rings. The number of hydrogen-bond donors (Lipinski definition) is 1. The first kappa shape index (κ1) is 6.98. The molecular formula is C4H3F2NS2. The van der Waals surface area contributed by atoms with Crippen molar-refractivity contribution in [1.29, 1.82) is 0 Å². The Morgan fingerprint density at radius 3 is 2.44 bits per heavy atom. The molecule has 50 valence electrons. The van der Waals surface area contributed by atoms with E-state index in [4.69, 9.17) is 5.14 Å². The molecule has 0 spiro atoms. The molecule has 5 heteroatoms. The topological polar surface area (TPSA) is 26.0 Å². The van der Waals surface area contributed by atoms with Gasteiger partial charge in [-0.1, -0.05) is 0 Å². The number of nitrogens with two attached hydrogens (primary N) is 1. The highest BCUT2D eigenvalue weighted by Gasteiger charge is 2.09. The van der Waals surface area contributed by atoms with Gasteiger partial charge in [-0.2, -0.15) is 0 Å². The molecule has 0 aliphatic carbocycles. The van der Waals surface area contributed by atoms with E-state index in [1.807, 2.05) is 0 Å². The van der Waals surface area contributed by atoms with Crippen molar-refractivity contribution in [2.24, 2.45) is 5.14 Å². The van der Waals surface area contributed by atoms with Crippen LogP contribution in [0.1, 0.15) is 0 Å². The highest BCUT2D eigenvalue weighted by atomic mass is 32.2. The molecule has 2 N–H and O–H groups in total. The van der Waals surface area contributed by atoms with Crippen LogP contribution in [0, 0.1) is 11.6 Å². The second-order valence-corrected chi connectivity index (χ2v) is 3.08. The van der Waals surface area contributed by atoms with E-state index in [2.05, 4.69) is 0 Å². The van der Waals surface area contributed by atoms with E-state index in [9.17, 15) is 8.78 Å². The Morgan fingerprint density at radius 1 is 1.56 bits per heavy atom. The molecule has 0 fully saturated rings. The van der Waals surface area contributed by atoms with Crippen LogP contribution < -0.4 is 5.14 Å². The molecule has 1 rings (SSSR count). The molecule has 0 saturated carbocycles. The molecular weight excluding hydrogens is 164 g/mol. The van der Waals surface area contributed by atoms with Crippen LogP contribution in [0.5, 0.6) is 0 Å². The van der Waals surface area contributed by atoms with Gasteiger partial charge >= 0.3 is 0 Å². The smallest absolute Gasteiger partial charge is 0.184 e. The summed E-state index contributed by atoms with van der Waals surface area (Å²) in [4.78, 5) is 0. The van der Waals surface area contributed by atoms with Gasteiger partial charge in [0.15, 0.2) is 11.6 Å². The lowest BCUT2D eigenvalue weighted by Gasteiger charge is -1.84. The van der Waals surface area contributed by atoms with Gasteiger partial charge in [-0.15, -0.1) is 11.3 Å². The molecule has 0 saturated heterocycles. The van der Waals surface area contributed by atoms with Crippen molar-refractivity contribution in [2.75, 3.05) is 0 Å². The molecule has 1 nitrogen and oxygen atoms in total. The second kappa shape index (κ2) is 2.64. The SMILES string of the molecule is NSc1scc(F)c1F. The Labute approximate surface area is 59.0 Å². The lowest BCUT2D eigenvalue weighted by atomic mass is 10.6. The summed E-state index contributed by atoms with van der Waals surface area (Å²) in [6.45, 7) is 0. The first-order valence-electron chi connectivity index (χ1n) is 2.05. The molecule has 1 heterocycles. The highest BCUT2D eigenvalue weighted by Crippen LogP contribution is 2.25. The fraction of sp³-hybridized carbons (Fsp3) is 0. The molecule has 0 aliphatic heterocycles. The Hall–Kier alpha value is -0.130. The summed E-state index contributed by atoms with van der Waals surface area (Å²) in [7, 11) is 0. The van der Waals surface area contributed by atoms with E-state index in [1.54, 1.807) is 0 Å². The third kappa shape index (κ3) is 1.23. The van der Waals surface area contributed by atoms with E-state index in [1.165, 1.54) is 0 Å². The summed E-state index contributed by atoms with van der Waals surface area (Å²) >= 11 is 1.68. The van der Waals surface area contributed by atoms with Gasteiger partial charge in [-0.25, -0.2) is 8.78 Å². The molecule has 9 heavy (non-hydrogen) atoms. The monoisotopic (exact) mass is 167 g/mol. The van der Waals surface area contributed by atoms with Crippen LogP contribution in [-0.4, -0.2) is 0 Å². The normalized spacial score (nSPS) is 10.1. The van der Waals surface area contributed by atoms with Crippen LogP contribution in [0.25, 0.3) is 0 Å². The minimum atomic E-state index is -0.840. The third-order valence-corrected chi connectivity index (χ3v) is 2.45. The molecule has 0 atom stereocenters. The lowest BCUT2D eigenvalue weighted by molar-refractivity contribution is 0.503. The summed E-state index contributed by atoms with van der Waals surface area (Å²) in [5.41, 5.74) is 0. The standard InChI is InChI=1S/C4H3F2NS2/c5-2-1-8-4(9-7)3(2)6/h1H,7H2. The number of hydrogen-bond acceptors (Lipinski definition) is 3. The molecule has 1 aromatic rings. The predicted octanol–water partition coefficient (Wildman–Crippen LogP) is 1.99. The largest absolute Gasteiger partial charge is 0.273 e. The van der Waals surface area contributed by atoms with Gasteiger partial charge in [0.25, 0.3) is 0 Å². The van der Waals surface area contributed by atoms with E-state index in [-0.39, 0.29) is 4.21 Å². The van der Waals surface area contributed by atoms with Crippen LogP contribution in [0.4, 0.5) is 8.78 Å². The molecule has 0 aromatic carbocycles. The summed E-state index contributed by atoms with van der Waals surface area (Å²) in [5, 5.41) is 6.07. The Bertz CT molecular complexity index is 210. The molecule has 0 amide bonds. The molecule has 0 bridgehead atoms. The van der Waals surface area contributed by atoms with Crippen LogP contribution in [0.2, 0.25) is 0 Å². The van der Waals surface area contributed by atoms with E-state index >= 15 is 0 Å². The zero-order chi connectivity index (χ0) is 6.85. The minimum absolute atomic E-state index is 0.188. The lowest BCUT2D eigenvalue weighted by Crippen LogP contribution is -1.79. The van der Waals surface area contributed by atoms with Crippen LogP contribution in [0.15, 0.2) is 9.59 Å². The second-order valence-electron chi connectivity index (χ2n) is 1.30.